The lowest BCUT2D eigenvalue weighted by atomic mass is 10.1. The van der Waals surface area contributed by atoms with E-state index in [-0.39, 0.29) is 0 Å². The van der Waals surface area contributed by atoms with Crippen molar-refractivity contribution < 1.29 is 0 Å². The second-order valence-corrected chi connectivity index (χ2v) is 4.76. The monoisotopic (exact) mass is 193 g/mol. The van der Waals surface area contributed by atoms with Crippen LogP contribution in [-0.4, -0.2) is 0 Å². The van der Waals surface area contributed by atoms with Crippen molar-refractivity contribution in [2.75, 3.05) is 0 Å². The molecule has 0 bridgehead atoms. The molecule has 0 atom stereocenters. The van der Waals surface area contributed by atoms with E-state index in [9.17, 15) is 0 Å². The minimum atomic E-state index is 1.32. The molecule has 0 saturated carbocycles. The minimum absolute atomic E-state index is 1.32. The summed E-state index contributed by atoms with van der Waals surface area (Å²) in [6, 6.07) is 8.64. The first-order valence-electron chi connectivity index (χ1n) is 3.79. The number of rotatable bonds is 1. The third kappa shape index (κ3) is 1.54. The molecule has 0 saturated heterocycles. The molecule has 1 aromatic heterocycles. The fraction of sp³-hybridized carbons (Fsp3) is 0.100. The maximum atomic E-state index is 2.19. The Balaban J connectivity index is 2.43. The predicted molar refractivity (Wildman–Crippen MR) is 56.8 cm³/mol. The van der Waals surface area contributed by atoms with Crippen LogP contribution in [-0.2, 0) is 0 Å². The van der Waals surface area contributed by atoms with Gasteiger partial charge in [0.15, 0.2) is 10.3 Å². The van der Waals surface area contributed by atoms with Crippen molar-refractivity contribution in [1.82, 2.24) is 0 Å². The van der Waals surface area contributed by atoms with Crippen LogP contribution in [0.4, 0.5) is 0 Å². The van der Waals surface area contributed by atoms with Gasteiger partial charge in [-0.25, -0.2) is 0 Å². The molecular weight excluding hydrogens is 184 g/mol. The Kier molecular flexibility index (Phi) is 2.19. The summed E-state index contributed by atoms with van der Waals surface area (Å²) in [5.74, 6) is 0. The molecule has 0 radical (unpaired) electrons. The van der Waals surface area contributed by atoms with Gasteiger partial charge in [-0.2, -0.15) is 0 Å². The number of aryl methyl sites for hydroxylation is 1. The largest absolute Gasteiger partial charge is 0.292 e. The van der Waals surface area contributed by atoms with Crippen LogP contribution in [0, 0.1) is 6.92 Å². The van der Waals surface area contributed by atoms with Crippen LogP contribution in [0.25, 0.3) is 11.1 Å². The summed E-state index contributed by atoms with van der Waals surface area (Å²) in [5, 5.41) is 4.38. The van der Waals surface area contributed by atoms with Crippen LogP contribution >= 0.6 is 20.7 Å². The van der Waals surface area contributed by atoms with Gasteiger partial charge in [0.05, 0.1) is 10.9 Å². The zero-order valence-corrected chi connectivity index (χ0v) is 8.41. The van der Waals surface area contributed by atoms with E-state index >= 15 is 0 Å². The summed E-state index contributed by atoms with van der Waals surface area (Å²) in [6.45, 7) is 2.11. The molecule has 12 heavy (non-hydrogen) atoms. The standard InChI is InChI=1S/C10H9S2/c1-8-2-4-9(5-3-8)10-6-11-12-7-10/h2-7H,1H3/q+1. The lowest BCUT2D eigenvalue weighted by Gasteiger charge is -1.94. The zero-order chi connectivity index (χ0) is 8.39. The summed E-state index contributed by atoms with van der Waals surface area (Å²) in [6.07, 6.45) is 0. The first-order valence-corrected chi connectivity index (χ1v) is 6.06. The summed E-state index contributed by atoms with van der Waals surface area (Å²) in [7, 11) is 3.56. The van der Waals surface area contributed by atoms with Crippen molar-refractivity contribution in [2.45, 2.75) is 6.92 Å². The van der Waals surface area contributed by atoms with Crippen LogP contribution in [0.1, 0.15) is 5.56 Å². The van der Waals surface area contributed by atoms with Gasteiger partial charge in [0.2, 0.25) is 5.38 Å². The SMILES string of the molecule is Cc1ccc(-c2cs[s+]c2)cc1. The maximum absolute atomic E-state index is 2.19. The molecule has 1 heterocycles. The summed E-state index contributed by atoms with van der Waals surface area (Å²) >= 11 is 0. The Morgan fingerprint density at radius 1 is 1.08 bits per heavy atom. The average Bonchev–Trinajstić information content (AvgIpc) is 2.58. The third-order valence-corrected chi connectivity index (χ3v) is 3.51. The van der Waals surface area contributed by atoms with E-state index in [1.165, 1.54) is 16.7 Å². The zero-order valence-electron chi connectivity index (χ0n) is 6.78. The highest BCUT2D eigenvalue weighted by Crippen LogP contribution is 2.25. The van der Waals surface area contributed by atoms with Crippen molar-refractivity contribution in [3.05, 3.63) is 40.6 Å². The first-order chi connectivity index (χ1) is 5.86. The third-order valence-electron chi connectivity index (χ3n) is 1.79. The molecule has 2 heteroatoms. The quantitative estimate of drug-likeness (QED) is 0.473. The van der Waals surface area contributed by atoms with Crippen molar-refractivity contribution in [1.29, 1.82) is 0 Å². The molecule has 0 unspecified atom stereocenters. The van der Waals surface area contributed by atoms with Gasteiger partial charge in [0, 0.05) is 0 Å². The Labute approximate surface area is 79.5 Å². The lowest BCUT2D eigenvalue weighted by molar-refractivity contribution is 1.47. The van der Waals surface area contributed by atoms with Crippen molar-refractivity contribution >= 4 is 20.7 Å². The molecule has 0 amide bonds. The fourth-order valence-corrected chi connectivity index (χ4v) is 2.84. The molecule has 0 aliphatic carbocycles. The molecule has 2 aromatic rings. The van der Waals surface area contributed by atoms with Crippen molar-refractivity contribution in [3.63, 3.8) is 0 Å². The lowest BCUT2D eigenvalue weighted by Crippen LogP contribution is -1.73. The molecule has 0 N–H and O–H groups in total. The number of hydrogen-bond acceptors (Lipinski definition) is 1. The van der Waals surface area contributed by atoms with E-state index in [1.54, 1.807) is 20.7 Å². The van der Waals surface area contributed by atoms with Crippen LogP contribution in [0.3, 0.4) is 0 Å². The Hall–Kier alpha value is -0.730. The Bertz CT molecular complexity index is 346. The van der Waals surface area contributed by atoms with Crippen LogP contribution < -0.4 is 0 Å². The fourth-order valence-electron chi connectivity index (χ4n) is 1.07. The van der Waals surface area contributed by atoms with Crippen LogP contribution in [0.2, 0.25) is 0 Å². The van der Waals surface area contributed by atoms with Crippen LogP contribution in [0.5, 0.6) is 0 Å². The second-order valence-electron chi connectivity index (χ2n) is 2.75. The molecule has 2 rings (SSSR count). The Morgan fingerprint density at radius 3 is 2.42 bits per heavy atom. The molecule has 0 nitrogen and oxygen atoms in total. The molecule has 0 spiro atoms. The van der Waals surface area contributed by atoms with Gasteiger partial charge in [0.1, 0.15) is 0 Å². The molecule has 0 fully saturated rings. The summed E-state index contributed by atoms with van der Waals surface area (Å²) in [5.41, 5.74) is 3.97. The van der Waals surface area contributed by atoms with Gasteiger partial charge in [-0.1, -0.05) is 29.8 Å². The summed E-state index contributed by atoms with van der Waals surface area (Å²) in [4.78, 5) is 0. The van der Waals surface area contributed by atoms with E-state index in [1.807, 2.05) is 0 Å². The van der Waals surface area contributed by atoms with Gasteiger partial charge in [-0.15, -0.1) is 0 Å². The van der Waals surface area contributed by atoms with Gasteiger partial charge in [-0.3, -0.25) is 0 Å². The van der Waals surface area contributed by atoms with Crippen molar-refractivity contribution in [2.24, 2.45) is 0 Å². The molecule has 0 aliphatic heterocycles. The van der Waals surface area contributed by atoms with Gasteiger partial charge in [0.25, 0.3) is 10.3 Å². The second kappa shape index (κ2) is 3.33. The van der Waals surface area contributed by atoms with Gasteiger partial charge >= 0.3 is 0 Å². The van der Waals surface area contributed by atoms with E-state index in [2.05, 4.69) is 41.9 Å². The highest BCUT2D eigenvalue weighted by molar-refractivity contribution is 7.68. The first kappa shape index (κ1) is 7.90. The van der Waals surface area contributed by atoms with Gasteiger partial charge < -0.3 is 0 Å². The molecular formula is C10H9S2+. The topological polar surface area (TPSA) is 0 Å². The molecule has 0 aliphatic rings. The number of benzene rings is 1. The van der Waals surface area contributed by atoms with Gasteiger partial charge in [-0.05, 0) is 12.5 Å². The number of hydrogen-bond donors (Lipinski definition) is 0. The molecule has 1 aromatic carbocycles. The van der Waals surface area contributed by atoms with Crippen LogP contribution in [0.15, 0.2) is 35.0 Å². The smallest absolute Gasteiger partial charge is 0.0587 e. The average molecular weight is 193 g/mol. The van der Waals surface area contributed by atoms with E-state index in [0.717, 1.165) is 0 Å². The van der Waals surface area contributed by atoms with E-state index in [4.69, 9.17) is 0 Å². The highest BCUT2D eigenvalue weighted by atomic mass is 32.9. The minimum Gasteiger partial charge on any atom is -0.0587 e. The molecule has 60 valence electrons. The summed E-state index contributed by atoms with van der Waals surface area (Å²) < 4.78 is 0. The highest BCUT2D eigenvalue weighted by Gasteiger charge is 2.03. The van der Waals surface area contributed by atoms with Crippen molar-refractivity contribution in [3.8, 4) is 11.1 Å². The normalized spacial score (nSPS) is 10.1. The van der Waals surface area contributed by atoms with E-state index < -0.39 is 0 Å². The van der Waals surface area contributed by atoms with E-state index in [0.29, 0.717) is 0 Å². The maximum Gasteiger partial charge on any atom is 0.292 e. The Morgan fingerprint density at radius 2 is 1.83 bits per heavy atom. The predicted octanol–water partition coefficient (Wildman–Crippen LogP) is 4.07.